The molecule has 0 radical (unpaired) electrons. The second-order valence-corrected chi connectivity index (χ2v) is 4.99. The molecule has 2 N–H and O–H groups in total. The van der Waals surface area contributed by atoms with Crippen LogP contribution in [0.5, 0.6) is 17.2 Å². The number of halogens is 1. The van der Waals surface area contributed by atoms with Crippen molar-refractivity contribution >= 4 is 21.6 Å². The lowest BCUT2D eigenvalue weighted by molar-refractivity contribution is 0.276. The first-order valence-electron chi connectivity index (χ1n) is 6.03. The lowest BCUT2D eigenvalue weighted by Gasteiger charge is -2.14. The van der Waals surface area contributed by atoms with Gasteiger partial charge in [-0.05, 0) is 46.3 Å². The fraction of sp³-hybridized carbons (Fsp3) is 0.200. The number of hydrogen-bond acceptors (Lipinski definition) is 4. The summed E-state index contributed by atoms with van der Waals surface area (Å²) in [6, 6.07) is 11.1. The second kappa shape index (κ2) is 6.52. The van der Waals surface area contributed by atoms with Gasteiger partial charge in [-0.15, -0.1) is 0 Å². The first-order valence-corrected chi connectivity index (χ1v) is 6.82. The summed E-state index contributed by atoms with van der Waals surface area (Å²) < 4.78 is 17.2. The molecule has 0 aromatic heterocycles. The average molecular weight is 338 g/mol. The van der Waals surface area contributed by atoms with E-state index in [1.54, 1.807) is 20.3 Å². The molecule has 5 heteroatoms. The number of para-hydroxylation sites is 1. The fourth-order valence-corrected chi connectivity index (χ4v) is 2.31. The van der Waals surface area contributed by atoms with Crippen molar-refractivity contribution in [2.24, 2.45) is 0 Å². The Morgan fingerprint density at radius 1 is 1.05 bits per heavy atom. The summed E-state index contributed by atoms with van der Waals surface area (Å²) in [7, 11) is 3.23. The monoisotopic (exact) mass is 337 g/mol. The average Bonchev–Trinajstić information content (AvgIpc) is 2.46. The van der Waals surface area contributed by atoms with E-state index >= 15 is 0 Å². The molecule has 2 rings (SSSR count). The zero-order chi connectivity index (χ0) is 14.5. The van der Waals surface area contributed by atoms with Gasteiger partial charge in [0.25, 0.3) is 0 Å². The molecule has 0 atom stereocenters. The standard InChI is InChI=1S/C15H16BrNO3/c1-18-13-7-6-11(17)8-10(13)9-20-15-12(16)4-3-5-14(15)19-2/h3-8H,9,17H2,1-2H3. The van der Waals surface area contributed by atoms with E-state index in [0.717, 1.165) is 15.8 Å². The van der Waals surface area contributed by atoms with Crippen LogP contribution in [0.1, 0.15) is 5.56 Å². The number of anilines is 1. The first-order chi connectivity index (χ1) is 9.65. The van der Waals surface area contributed by atoms with Gasteiger partial charge in [0.2, 0.25) is 0 Å². The molecule has 0 amide bonds. The number of benzene rings is 2. The van der Waals surface area contributed by atoms with Crippen LogP contribution in [-0.4, -0.2) is 14.2 Å². The third-order valence-corrected chi connectivity index (χ3v) is 3.45. The Bertz CT molecular complexity index is 602. The largest absolute Gasteiger partial charge is 0.496 e. The van der Waals surface area contributed by atoms with Gasteiger partial charge in [-0.3, -0.25) is 0 Å². The van der Waals surface area contributed by atoms with Crippen LogP contribution in [0.25, 0.3) is 0 Å². The summed E-state index contributed by atoms with van der Waals surface area (Å²) in [5.74, 6) is 2.06. The summed E-state index contributed by atoms with van der Waals surface area (Å²) in [6.45, 7) is 0.340. The Kier molecular flexibility index (Phi) is 4.74. The summed E-state index contributed by atoms with van der Waals surface area (Å²) >= 11 is 3.45. The summed E-state index contributed by atoms with van der Waals surface area (Å²) in [6.07, 6.45) is 0. The van der Waals surface area contributed by atoms with Crippen LogP contribution in [0.3, 0.4) is 0 Å². The topological polar surface area (TPSA) is 53.7 Å². The molecule has 0 aliphatic heterocycles. The van der Waals surface area contributed by atoms with Gasteiger partial charge in [-0.2, -0.15) is 0 Å². The van der Waals surface area contributed by atoms with Gasteiger partial charge in [-0.1, -0.05) is 6.07 Å². The molecule has 0 heterocycles. The maximum absolute atomic E-state index is 5.83. The SMILES string of the molecule is COc1ccc(N)cc1COc1c(Br)cccc1OC. The Morgan fingerprint density at radius 3 is 2.50 bits per heavy atom. The Morgan fingerprint density at radius 2 is 1.80 bits per heavy atom. The number of rotatable bonds is 5. The van der Waals surface area contributed by atoms with E-state index in [0.29, 0.717) is 23.8 Å². The molecular formula is C15H16BrNO3. The van der Waals surface area contributed by atoms with Gasteiger partial charge in [0.05, 0.1) is 18.7 Å². The van der Waals surface area contributed by atoms with Gasteiger partial charge in [0.1, 0.15) is 12.4 Å². The van der Waals surface area contributed by atoms with Crippen LogP contribution < -0.4 is 19.9 Å². The minimum Gasteiger partial charge on any atom is -0.496 e. The molecule has 0 unspecified atom stereocenters. The molecule has 0 fully saturated rings. The Balaban J connectivity index is 2.23. The third kappa shape index (κ3) is 3.17. The van der Waals surface area contributed by atoms with Crippen LogP contribution in [-0.2, 0) is 6.61 Å². The Labute approximate surface area is 126 Å². The van der Waals surface area contributed by atoms with Crippen molar-refractivity contribution in [2.75, 3.05) is 20.0 Å². The van der Waals surface area contributed by atoms with E-state index < -0.39 is 0 Å². The van der Waals surface area contributed by atoms with E-state index in [1.807, 2.05) is 30.3 Å². The summed E-state index contributed by atoms with van der Waals surface area (Å²) in [4.78, 5) is 0. The van der Waals surface area contributed by atoms with E-state index in [4.69, 9.17) is 19.9 Å². The molecular weight excluding hydrogens is 322 g/mol. The molecule has 0 aliphatic rings. The fourth-order valence-electron chi connectivity index (χ4n) is 1.85. The van der Waals surface area contributed by atoms with Gasteiger partial charge in [-0.25, -0.2) is 0 Å². The molecule has 0 saturated heterocycles. The number of methoxy groups -OCH3 is 2. The highest BCUT2D eigenvalue weighted by Gasteiger charge is 2.11. The molecule has 0 aliphatic carbocycles. The lowest BCUT2D eigenvalue weighted by Crippen LogP contribution is -2.01. The molecule has 0 bridgehead atoms. The normalized spacial score (nSPS) is 10.2. The van der Waals surface area contributed by atoms with E-state index in [9.17, 15) is 0 Å². The highest BCUT2D eigenvalue weighted by atomic mass is 79.9. The molecule has 106 valence electrons. The first kappa shape index (κ1) is 14.5. The van der Waals surface area contributed by atoms with Crippen molar-refractivity contribution in [1.29, 1.82) is 0 Å². The third-order valence-electron chi connectivity index (χ3n) is 2.83. The number of nitrogens with two attached hydrogens (primary N) is 1. The number of ether oxygens (including phenoxy) is 3. The number of hydrogen-bond donors (Lipinski definition) is 1. The predicted octanol–water partition coefficient (Wildman–Crippen LogP) is 3.63. The second-order valence-electron chi connectivity index (χ2n) is 4.13. The van der Waals surface area contributed by atoms with E-state index in [-0.39, 0.29) is 0 Å². The minimum atomic E-state index is 0.340. The lowest BCUT2D eigenvalue weighted by atomic mass is 10.2. The van der Waals surface area contributed by atoms with Crippen LogP contribution >= 0.6 is 15.9 Å². The van der Waals surface area contributed by atoms with Crippen molar-refractivity contribution in [3.8, 4) is 17.2 Å². The number of nitrogen functional groups attached to an aromatic ring is 1. The van der Waals surface area contributed by atoms with Crippen molar-refractivity contribution in [3.05, 3.63) is 46.4 Å². The zero-order valence-electron chi connectivity index (χ0n) is 11.4. The summed E-state index contributed by atoms with van der Waals surface area (Å²) in [5, 5.41) is 0. The van der Waals surface area contributed by atoms with Crippen molar-refractivity contribution < 1.29 is 14.2 Å². The van der Waals surface area contributed by atoms with Crippen molar-refractivity contribution in [1.82, 2.24) is 0 Å². The van der Waals surface area contributed by atoms with Gasteiger partial charge in [0, 0.05) is 11.3 Å². The van der Waals surface area contributed by atoms with Crippen molar-refractivity contribution in [3.63, 3.8) is 0 Å². The van der Waals surface area contributed by atoms with Gasteiger partial charge in [0.15, 0.2) is 11.5 Å². The van der Waals surface area contributed by atoms with Crippen LogP contribution in [0.4, 0.5) is 5.69 Å². The maximum atomic E-state index is 5.83. The zero-order valence-corrected chi connectivity index (χ0v) is 12.9. The van der Waals surface area contributed by atoms with Crippen LogP contribution in [0, 0.1) is 0 Å². The predicted molar refractivity (Wildman–Crippen MR) is 82.4 cm³/mol. The molecule has 0 saturated carbocycles. The molecule has 4 nitrogen and oxygen atoms in total. The van der Waals surface area contributed by atoms with Gasteiger partial charge < -0.3 is 19.9 Å². The summed E-state index contributed by atoms with van der Waals surface area (Å²) in [5.41, 5.74) is 7.34. The molecule has 2 aromatic rings. The smallest absolute Gasteiger partial charge is 0.175 e. The quantitative estimate of drug-likeness (QED) is 0.846. The highest BCUT2D eigenvalue weighted by molar-refractivity contribution is 9.10. The van der Waals surface area contributed by atoms with E-state index in [1.165, 1.54) is 0 Å². The molecule has 2 aromatic carbocycles. The maximum Gasteiger partial charge on any atom is 0.175 e. The van der Waals surface area contributed by atoms with Crippen LogP contribution in [0.15, 0.2) is 40.9 Å². The van der Waals surface area contributed by atoms with Crippen LogP contribution in [0.2, 0.25) is 0 Å². The molecule has 0 spiro atoms. The van der Waals surface area contributed by atoms with E-state index in [2.05, 4.69) is 15.9 Å². The van der Waals surface area contributed by atoms with Crippen molar-refractivity contribution in [2.45, 2.75) is 6.61 Å². The minimum absolute atomic E-state index is 0.340. The highest BCUT2D eigenvalue weighted by Crippen LogP contribution is 2.36. The Hall–Kier alpha value is -1.88. The van der Waals surface area contributed by atoms with Gasteiger partial charge >= 0.3 is 0 Å². The molecule has 20 heavy (non-hydrogen) atoms.